The van der Waals surface area contributed by atoms with Crippen molar-refractivity contribution in [3.05, 3.63) is 11.4 Å². The summed E-state index contributed by atoms with van der Waals surface area (Å²) in [7, 11) is 0. The first-order chi connectivity index (χ1) is 6.85. The van der Waals surface area contributed by atoms with E-state index in [0.717, 1.165) is 12.8 Å². The van der Waals surface area contributed by atoms with E-state index in [9.17, 15) is 0 Å². The van der Waals surface area contributed by atoms with E-state index in [1.807, 2.05) is 0 Å². The Bertz CT molecular complexity index is 146. The fourth-order valence-electron chi connectivity index (χ4n) is 1.71. The second-order valence-electron chi connectivity index (χ2n) is 4.13. The minimum atomic E-state index is 0.318. The molecule has 0 aliphatic carbocycles. The van der Waals surface area contributed by atoms with Gasteiger partial charge in [-0.1, -0.05) is 46.0 Å². The van der Waals surface area contributed by atoms with Crippen LogP contribution in [0.3, 0.4) is 0 Å². The van der Waals surface area contributed by atoms with E-state index in [1.54, 1.807) is 0 Å². The minimum Gasteiger partial charge on any atom is -0.314 e. The monoisotopic (exact) mass is 195 g/mol. The number of nitrogens with zero attached hydrogens (tertiary/aromatic N) is 1. The fraction of sp³-hybridized carbons (Fsp3) is 0.923. The third kappa shape index (κ3) is 8.10. The van der Waals surface area contributed by atoms with E-state index in [0.29, 0.717) is 6.04 Å². The van der Waals surface area contributed by atoms with E-state index in [1.165, 1.54) is 44.9 Å². The second-order valence-corrected chi connectivity index (χ2v) is 4.13. The van der Waals surface area contributed by atoms with Crippen LogP contribution in [-0.4, -0.2) is 6.04 Å². The second kappa shape index (κ2) is 10.6. The zero-order chi connectivity index (χ0) is 10.6. The van der Waals surface area contributed by atoms with E-state index in [-0.39, 0.29) is 0 Å². The summed E-state index contributed by atoms with van der Waals surface area (Å²) < 4.78 is 0. The summed E-state index contributed by atoms with van der Waals surface area (Å²) >= 11 is 0. The average molecular weight is 195 g/mol. The van der Waals surface area contributed by atoms with Gasteiger partial charge >= 0.3 is 0 Å². The predicted octanol–water partition coefficient (Wildman–Crippen LogP) is 4.82. The van der Waals surface area contributed by atoms with E-state index in [2.05, 4.69) is 18.7 Å². The molecule has 0 N–H and O–H groups in total. The van der Waals surface area contributed by atoms with Crippen LogP contribution in [0.4, 0.5) is 0 Å². The molecule has 0 saturated heterocycles. The molecule has 0 aromatic carbocycles. The Labute approximate surface area is 89.7 Å². The largest absolute Gasteiger partial charge is 0.314 e. The molecule has 1 atom stereocenters. The van der Waals surface area contributed by atoms with Crippen molar-refractivity contribution in [1.82, 2.24) is 0 Å². The smallest absolute Gasteiger partial charge is 0.223 e. The zero-order valence-corrected chi connectivity index (χ0v) is 9.89. The van der Waals surface area contributed by atoms with Crippen molar-refractivity contribution >= 4 is 0 Å². The molecule has 14 heavy (non-hydrogen) atoms. The van der Waals surface area contributed by atoms with Crippen LogP contribution in [0.25, 0.3) is 4.85 Å². The number of unbranched alkanes of at least 4 members (excludes halogenated alkanes) is 5. The first-order valence-electron chi connectivity index (χ1n) is 6.21. The SMILES string of the molecule is [C-]#[N+]C(CCCCC)CCCCCC. The van der Waals surface area contributed by atoms with Gasteiger partial charge in [0.2, 0.25) is 6.04 Å². The van der Waals surface area contributed by atoms with E-state index >= 15 is 0 Å². The van der Waals surface area contributed by atoms with Gasteiger partial charge in [-0.2, -0.15) is 0 Å². The van der Waals surface area contributed by atoms with E-state index < -0.39 is 0 Å². The van der Waals surface area contributed by atoms with Gasteiger partial charge in [0.15, 0.2) is 0 Å². The lowest BCUT2D eigenvalue weighted by molar-refractivity contribution is 0.538. The Morgan fingerprint density at radius 3 is 1.86 bits per heavy atom. The van der Waals surface area contributed by atoms with Crippen LogP contribution in [0.5, 0.6) is 0 Å². The summed E-state index contributed by atoms with van der Waals surface area (Å²) in [6.07, 6.45) is 11.3. The molecule has 82 valence electrons. The average Bonchev–Trinajstić information content (AvgIpc) is 2.22. The number of rotatable bonds is 9. The van der Waals surface area contributed by atoms with E-state index in [4.69, 9.17) is 6.57 Å². The molecule has 0 heterocycles. The molecule has 0 aliphatic heterocycles. The van der Waals surface area contributed by atoms with Crippen molar-refractivity contribution in [2.45, 2.75) is 77.7 Å². The van der Waals surface area contributed by atoms with Crippen LogP contribution < -0.4 is 0 Å². The number of hydrogen-bond acceptors (Lipinski definition) is 0. The highest BCUT2D eigenvalue weighted by atomic mass is 14.7. The molecule has 0 spiro atoms. The standard InChI is InChI=1S/C13H25N/c1-4-6-8-10-12-13(14-3)11-9-7-5-2/h13H,4-12H2,1-2H3. The van der Waals surface area contributed by atoms with Gasteiger partial charge in [-0.25, -0.2) is 6.57 Å². The molecule has 0 aliphatic rings. The van der Waals surface area contributed by atoms with Crippen molar-refractivity contribution in [1.29, 1.82) is 0 Å². The third-order valence-electron chi connectivity index (χ3n) is 2.71. The van der Waals surface area contributed by atoms with Crippen LogP contribution in [0.15, 0.2) is 0 Å². The maximum Gasteiger partial charge on any atom is 0.223 e. The molecule has 0 fully saturated rings. The van der Waals surface area contributed by atoms with Gasteiger partial charge in [-0.05, 0) is 12.8 Å². The summed E-state index contributed by atoms with van der Waals surface area (Å²) in [5.74, 6) is 0. The fourth-order valence-corrected chi connectivity index (χ4v) is 1.71. The van der Waals surface area contributed by atoms with Gasteiger partial charge in [-0.15, -0.1) is 0 Å². The molecule has 0 rings (SSSR count). The molecule has 1 nitrogen and oxygen atoms in total. The summed E-state index contributed by atoms with van der Waals surface area (Å²) in [6.45, 7) is 11.5. The lowest BCUT2D eigenvalue weighted by atomic mass is 10.0. The topological polar surface area (TPSA) is 4.36 Å². The van der Waals surface area contributed by atoms with Gasteiger partial charge in [0.05, 0.1) is 0 Å². The lowest BCUT2D eigenvalue weighted by Crippen LogP contribution is -2.01. The van der Waals surface area contributed by atoms with Crippen molar-refractivity contribution in [3.63, 3.8) is 0 Å². The quantitative estimate of drug-likeness (QED) is 0.367. The summed E-state index contributed by atoms with van der Waals surface area (Å²) in [4.78, 5) is 3.71. The normalized spacial score (nSPS) is 12.4. The third-order valence-corrected chi connectivity index (χ3v) is 2.71. The highest BCUT2D eigenvalue weighted by Gasteiger charge is 2.10. The summed E-state index contributed by atoms with van der Waals surface area (Å²) in [5, 5.41) is 0. The Kier molecular flexibility index (Phi) is 10.2. The Balaban J connectivity index is 3.35. The summed E-state index contributed by atoms with van der Waals surface area (Å²) in [6, 6.07) is 0.318. The van der Waals surface area contributed by atoms with Gasteiger partial charge in [0.25, 0.3) is 0 Å². The first-order valence-corrected chi connectivity index (χ1v) is 6.21. The molecule has 0 bridgehead atoms. The molecular weight excluding hydrogens is 170 g/mol. The molecule has 0 aromatic heterocycles. The molecule has 0 saturated carbocycles. The first kappa shape index (κ1) is 13.5. The van der Waals surface area contributed by atoms with Crippen molar-refractivity contribution in [2.75, 3.05) is 0 Å². The molecular formula is C13H25N. The van der Waals surface area contributed by atoms with Crippen LogP contribution >= 0.6 is 0 Å². The number of hydrogen-bond donors (Lipinski definition) is 0. The molecule has 1 unspecified atom stereocenters. The van der Waals surface area contributed by atoms with Crippen LogP contribution in [0.2, 0.25) is 0 Å². The van der Waals surface area contributed by atoms with Gasteiger partial charge in [0, 0.05) is 12.8 Å². The predicted molar refractivity (Wildman–Crippen MR) is 63.3 cm³/mol. The molecule has 0 amide bonds. The van der Waals surface area contributed by atoms with Crippen molar-refractivity contribution in [3.8, 4) is 0 Å². The minimum absolute atomic E-state index is 0.318. The van der Waals surface area contributed by atoms with Crippen LogP contribution in [0.1, 0.15) is 71.6 Å². The van der Waals surface area contributed by atoms with Gasteiger partial charge < -0.3 is 4.85 Å². The molecule has 1 heteroatoms. The Hall–Kier alpha value is -0.510. The maximum absolute atomic E-state index is 7.10. The van der Waals surface area contributed by atoms with Gasteiger partial charge in [0.1, 0.15) is 0 Å². The maximum atomic E-state index is 7.10. The lowest BCUT2D eigenvalue weighted by Gasteiger charge is -2.04. The van der Waals surface area contributed by atoms with Crippen LogP contribution in [-0.2, 0) is 0 Å². The van der Waals surface area contributed by atoms with Gasteiger partial charge in [-0.3, -0.25) is 0 Å². The van der Waals surface area contributed by atoms with Crippen LogP contribution in [0, 0.1) is 6.57 Å². The Morgan fingerprint density at radius 1 is 0.857 bits per heavy atom. The molecule has 0 aromatic rings. The van der Waals surface area contributed by atoms with Crippen molar-refractivity contribution < 1.29 is 0 Å². The highest BCUT2D eigenvalue weighted by Crippen LogP contribution is 2.14. The molecule has 0 radical (unpaired) electrons. The summed E-state index contributed by atoms with van der Waals surface area (Å²) in [5.41, 5.74) is 0. The zero-order valence-electron chi connectivity index (χ0n) is 9.89. The Morgan fingerprint density at radius 2 is 1.36 bits per heavy atom. The highest BCUT2D eigenvalue weighted by molar-refractivity contribution is 4.77. The van der Waals surface area contributed by atoms with Crippen molar-refractivity contribution in [2.24, 2.45) is 0 Å².